The zero-order chi connectivity index (χ0) is 12.9. The molecule has 0 bridgehead atoms. The fourth-order valence-corrected chi connectivity index (χ4v) is 4.12. The van der Waals surface area contributed by atoms with Gasteiger partial charge in [0.2, 0.25) is 0 Å². The Kier molecular flexibility index (Phi) is 3.91. The van der Waals surface area contributed by atoms with Crippen LogP contribution in [0.3, 0.4) is 0 Å². The maximum atomic E-state index is 2.31. The van der Waals surface area contributed by atoms with Crippen molar-refractivity contribution in [3.63, 3.8) is 0 Å². The monoisotopic (exact) mass is 306 g/mol. The molecule has 0 amide bonds. The topological polar surface area (TPSA) is 0 Å². The van der Waals surface area contributed by atoms with Crippen molar-refractivity contribution in [2.75, 3.05) is 0 Å². The van der Waals surface area contributed by atoms with Gasteiger partial charge < -0.3 is 0 Å². The molecule has 0 unspecified atom stereocenters. The minimum atomic E-state index is 0.114. The van der Waals surface area contributed by atoms with Crippen LogP contribution in [0.4, 0.5) is 0 Å². The van der Waals surface area contributed by atoms with Gasteiger partial charge in [-0.25, -0.2) is 0 Å². The molecule has 0 spiro atoms. The van der Waals surface area contributed by atoms with Gasteiger partial charge in [-0.05, 0) is 0 Å². The van der Waals surface area contributed by atoms with Gasteiger partial charge in [0, 0.05) is 0 Å². The Morgan fingerprint density at radius 3 is 1.89 bits per heavy atom. The van der Waals surface area contributed by atoms with Gasteiger partial charge in [-0.2, -0.15) is 0 Å². The first kappa shape index (κ1) is 12.4. The van der Waals surface area contributed by atoms with E-state index in [0.29, 0.717) is 5.92 Å². The SMILES string of the molecule is C1=CC(c2ccccc2)C=CC1=[As]c1ccccc1. The molecule has 0 aliphatic heterocycles. The molecule has 0 atom stereocenters. The molecule has 0 aromatic heterocycles. The van der Waals surface area contributed by atoms with E-state index >= 15 is 0 Å². The molecule has 1 aliphatic carbocycles. The molecular formula is C18H15As. The molecule has 0 heterocycles. The number of rotatable bonds is 2. The van der Waals surface area contributed by atoms with Crippen LogP contribution < -0.4 is 4.35 Å². The molecule has 0 fully saturated rings. The normalized spacial score (nSPS) is 17.9. The van der Waals surface area contributed by atoms with E-state index in [-0.39, 0.29) is 15.3 Å². The molecule has 19 heavy (non-hydrogen) atoms. The van der Waals surface area contributed by atoms with Crippen LogP contribution in [0.2, 0.25) is 0 Å². The maximum absolute atomic E-state index is 2.31. The van der Waals surface area contributed by atoms with E-state index in [1.165, 1.54) is 14.2 Å². The predicted molar refractivity (Wildman–Crippen MR) is 84.3 cm³/mol. The van der Waals surface area contributed by atoms with Crippen LogP contribution in [0.1, 0.15) is 11.5 Å². The predicted octanol–water partition coefficient (Wildman–Crippen LogP) is 3.10. The molecule has 3 rings (SSSR count). The van der Waals surface area contributed by atoms with Crippen LogP contribution in [0.25, 0.3) is 0 Å². The van der Waals surface area contributed by atoms with Crippen LogP contribution in [0, 0.1) is 0 Å². The zero-order valence-electron chi connectivity index (χ0n) is 10.6. The Labute approximate surface area is 120 Å². The first-order chi connectivity index (χ1) is 9.42. The Balaban J connectivity index is 1.78. The third kappa shape index (κ3) is 3.22. The van der Waals surface area contributed by atoms with Gasteiger partial charge in [0.25, 0.3) is 0 Å². The molecule has 1 aliphatic rings. The van der Waals surface area contributed by atoms with E-state index in [1.807, 2.05) is 0 Å². The first-order valence-electron chi connectivity index (χ1n) is 6.47. The van der Waals surface area contributed by atoms with Crippen molar-refractivity contribution in [2.24, 2.45) is 0 Å². The number of allylic oxidation sites excluding steroid dienone is 4. The zero-order valence-corrected chi connectivity index (χ0v) is 12.5. The van der Waals surface area contributed by atoms with Crippen LogP contribution in [-0.2, 0) is 0 Å². The van der Waals surface area contributed by atoms with Crippen LogP contribution in [0.5, 0.6) is 0 Å². The molecule has 2 aromatic rings. The quantitative estimate of drug-likeness (QED) is 0.748. The van der Waals surface area contributed by atoms with Gasteiger partial charge in [-0.15, -0.1) is 0 Å². The fourth-order valence-electron chi connectivity index (χ4n) is 2.15. The minimum absolute atomic E-state index is 0.114. The van der Waals surface area contributed by atoms with Crippen LogP contribution >= 0.6 is 0 Å². The van der Waals surface area contributed by atoms with Gasteiger partial charge in [0.05, 0.1) is 0 Å². The van der Waals surface area contributed by atoms with E-state index in [1.54, 1.807) is 0 Å². The molecular weight excluding hydrogens is 291 g/mol. The Bertz CT molecular complexity index is 605. The van der Waals surface area contributed by atoms with E-state index in [4.69, 9.17) is 0 Å². The van der Waals surface area contributed by atoms with Crippen LogP contribution in [0.15, 0.2) is 85.0 Å². The number of hydrogen-bond donors (Lipinski definition) is 0. The fraction of sp³-hybridized carbons (Fsp3) is 0.0556. The van der Waals surface area contributed by atoms with E-state index in [9.17, 15) is 0 Å². The summed E-state index contributed by atoms with van der Waals surface area (Å²) in [7, 11) is 0. The molecule has 0 saturated carbocycles. The molecule has 92 valence electrons. The van der Waals surface area contributed by atoms with Crippen molar-refractivity contribution >= 4 is 24.0 Å². The molecule has 2 aromatic carbocycles. The third-order valence-corrected chi connectivity index (χ3v) is 5.48. The molecule has 0 N–H and O–H groups in total. The summed E-state index contributed by atoms with van der Waals surface area (Å²) in [5.74, 6) is 0.432. The van der Waals surface area contributed by atoms with Gasteiger partial charge in [0.15, 0.2) is 0 Å². The standard InChI is InChI=1S/C18H15As/c1-3-7-15(8-4-1)16-11-13-18(14-12-16)19-17-9-5-2-6-10-17/h1-14,16H. The summed E-state index contributed by atoms with van der Waals surface area (Å²) in [6, 6.07) is 21.4. The van der Waals surface area contributed by atoms with Crippen molar-refractivity contribution in [1.29, 1.82) is 0 Å². The summed E-state index contributed by atoms with van der Waals surface area (Å²) < 4.78 is 2.93. The molecule has 1 heteroatoms. The van der Waals surface area contributed by atoms with Crippen molar-refractivity contribution in [3.05, 3.63) is 90.5 Å². The van der Waals surface area contributed by atoms with Crippen molar-refractivity contribution in [3.8, 4) is 0 Å². The number of hydrogen-bond acceptors (Lipinski definition) is 0. The van der Waals surface area contributed by atoms with Crippen molar-refractivity contribution in [1.82, 2.24) is 0 Å². The third-order valence-electron chi connectivity index (χ3n) is 3.15. The van der Waals surface area contributed by atoms with Gasteiger partial charge >= 0.3 is 120 Å². The molecule has 0 saturated heterocycles. The number of benzene rings is 2. The Hall–Kier alpha value is -1.65. The van der Waals surface area contributed by atoms with Crippen molar-refractivity contribution in [2.45, 2.75) is 5.92 Å². The van der Waals surface area contributed by atoms with Crippen molar-refractivity contribution < 1.29 is 0 Å². The van der Waals surface area contributed by atoms with Gasteiger partial charge in [-0.3, -0.25) is 0 Å². The average molecular weight is 306 g/mol. The second-order valence-electron chi connectivity index (χ2n) is 4.53. The second kappa shape index (κ2) is 5.99. The summed E-state index contributed by atoms with van der Waals surface area (Å²) in [5.41, 5.74) is 1.37. The summed E-state index contributed by atoms with van der Waals surface area (Å²) in [6.45, 7) is 0. The van der Waals surface area contributed by atoms with E-state index in [2.05, 4.69) is 85.0 Å². The first-order valence-corrected chi connectivity index (χ1v) is 8.34. The van der Waals surface area contributed by atoms with E-state index < -0.39 is 0 Å². The van der Waals surface area contributed by atoms with Gasteiger partial charge in [0.1, 0.15) is 0 Å². The summed E-state index contributed by atoms with van der Waals surface area (Å²) in [5, 5.41) is 0. The summed E-state index contributed by atoms with van der Waals surface area (Å²) in [6.07, 6.45) is 9.21. The van der Waals surface area contributed by atoms with Crippen LogP contribution in [-0.4, -0.2) is 19.6 Å². The average Bonchev–Trinajstić information content (AvgIpc) is 2.50. The van der Waals surface area contributed by atoms with E-state index in [0.717, 1.165) is 0 Å². The Morgan fingerprint density at radius 2 is 1.26 bits per heavy atom. The molecule has 0 radical (unpaired) electrons. The second-order valence-corrected chi connectivity index (χ2v) is 7.16. The summed E-state index contributed by atoms with van der Waals surface area (Å²) in [4.78, 5) is 0. The summed E-state index contributed by atoms with van der Waals surface area (Å²) >= 11 is 0.114. The van der Waals surface area contributed by atoms with Gasteiger partial charge in [-0.1, -0.05) is 0 Å². The Morgan fingerprint density at radius 1 is 0.684 bits per heavy atom. The molecule has 0 nitrogen and oxygen atoms in total.